The first-order valence-electron chi connectivity index (χ1n) is 3.90. The number of hydrogen-bond acceptors (Lipinski definition) is 3. The Morgan fingerprint density at radius 1 is 1.46 bits per heavy atom. The highest BCUT2D eigenvalue weighted by Crippen LogP contribution is 2.11. The third kappa shape index (κ3) is 2.21. The molecule has 0 radical (unpaired) electrons. The van der Waals surface area contributed by atoms with Gasteiger partial charge in [0.1, 0.15) is 29.2 Å². The van der Waals surface area contributed by atoms with E-state index in [2.05, 4.69) is 0 Å². The molecule has 0 aliphatic rings. The van der Waals surface area contributed by atoms with Gasteiger partial charge in [-0.25, -0.2) is 0 Å². The number of rotatable bonds is 2. The Hall–Kier alpha value is -2.00. The Morgan fingerprint density at radius 3 is 2.62 bits per heavy atom. The third-order valence-corrected chi connectivity index (χ3v) is 1.56. The Labute approximate surface area is 76.5 Å². The summed E-state index contributed by atoms with van der Waals surface area (Å²) in [4.78, 5) is 0. The minimum atomic E-state index is 0.0528. The molecule has 3 nitrogen and oxygen atoms in total. The standard InChI is InChI=1S/C10H8N2O/c1-2-9-3-4-10(13-9)5-8(6-11)7-12/h3-5H,2H2,1H3. The highest BCUT2D eigenvalue weighted by atomic mass is 16.3. The molecule has 0 aliphatic carbocycles. The van der Waals surface area contributed by atoms with Crippen molar-refractivity contribution in [1.82, 2.24) is 0 Å². The zero-order valence-corrected chi connectivity index (χ0v) is 7.24. The molecule has 3 heteroatoms. The number of aryl methyl sites for hydroxylation is 1. The molecule has 0 amide bonds. The second kappa shape index (κ2) is 4.13. The van der Waals surface area contributed by atoms with Crippen molar-refractivity contribution in [3.05, 3.63) is 29.2 Å². The zero-order valence-electron chi connectivity index (χ0n) is 7.24. The van der Waals surface area contributed by atoms with Gasteiger partial charge in [0.15, 0.2) is 0 Å². The summed E-state index contributed by atoms with van der Waals surface area (Å²) in [6.07, 6.45) is 2.24. The summed E-state index contributed by atoms with van der Waals surface area (Å²) in [5.41, 5.74) is 0.0528. The zero-order chi connectivity index (χ0) is 9.68. The molecule has 0 saturated heterocycles. The van der Waals surface area contributed by atoms with Gasteiger partial charge in [0.05, 0.1) is 0 Å². The van der Waals surface area contributed by atoms with Gasteiger partial charge >= 0.3 is 0 Å². The van der Waals surface area contributed by atoms with Crippen LogP contribution in [0.4, 0.5) is 0 Å². The third-order valence-electron chi connectivity index (χ3n) is 1.56. The largest absolute Gasteiger partial charge is 0.462 e. The first kappa shape index (κ1) is 9.09. The van der Waals surface area contributed by atoms with Gasteiger partial charge in [0.2, 0.25) is 0 Å². The van der Waals surface area contributed by atoms with E-state index in [4.69, 9.17) is 14.9 Å². The summed E-state index contributed by atoms with van der Waals surface area (Å²) in [5, 5.41) is 16.9. The van der Waals surface area contributed by atoms with Crippen molar-refractivity contribution < 1.29 is 4.42 Å². The van der Waals surface area contributed by atoms with E-state index in [0.717, 1.165) is 12.2 Å². The van der Waals surface area contributed by atoms with Crippen LogP contribution in [0, 0.1) is 22.7 Å². The maximum atomic E-state index is 8.47. The van der Waals surface area contributed by atoms with Gasteiger partial charge < -0.3 is 4.42 Å². The molecule has 13 heavy (non-hydrogen) atoms. The van der Waals surface area contributed by atoms with Crippen LogP contribution in [0.25, 0.3) is 6.08 Å². The molecule has 1 aromatic heterocycles. The van der Waals surface area contributed by atoms with Crippen LogP contribution in [0.15, 0.2) is 22.1 Å². The van der Waals surface area contributed by atoms with E-state index >= 15 is 0 Å². The fourth-order valence-corrected chi connectivity index (χ4v) is 0.894. The Bertz CT molecular complexity index is 385. The van der Waals surface area contributed by atoms with Gasteiger partial charge in [-0.15, -0.1) is 0 Å². The lowest BCUT2D eigenvalue weighted by molar-refractivity contribution is 0.507. The van der Waals surface area contributed by atoms with Crippen LogP contribution >= 0.6 is 0 Å². The molecule has 0 spiro atoms. The Balaban J connectivity index is 2.93. The molecule has 1 aromatic rings. The molecule has 0 bridgehead atoms. The average molecular weight is 172 g/mol. The first-order valence-corrected chi connectivity index (χ1v) is 3.90. The second-order valence-electron chi connectivity index (χ2n) is 2.44. The van der Waals surface area contributed by atoms with Crippen LogP contribution in [0.3, 0.4) is 0 Å². The van der Waals surface area contributed by atoms with E-state index in [1.54, 1.807) is 18.2 Å². The number of nitrogens with zero attached hydrogens (tertiary/aromatic N) is 2. The summed E-state index contributed by atoms with van der Waals surface area (Å²) in [5.74, 6) is 1.40. The van der Waals surface area contributed by atoms with E-state index in [0.29, 0.717) is 5.76 Å². The lowest BCUT2D eigenvalue weighted by atomic mass is 10.2. The molecule has 64 valence electrons. The van der Waals surface area contributed by atoms with E-state index in [1.807, 2.05) is 13.0 Å². The first-order chi connectivity index (χ1) is 6.30. The summed E-state index contributed by atoms with van der Waals surface area (Å²) in [6.45, 7) is 1.97. The van der Waals surface area contributed by atoms with Crippen LogP contribution in [0.1, 0.15) is 18.4 Å². The summed E-state index contributed by atoms with van der Waals surface area (Å²) >= 11 is 0. The van der Waals surface area contributed by atoms with Crippen LogP contribution in [0.2, 0.25) is 0 Å². The molecule has 0 aliphatic heterocycles. The van der Waals surface area contributed by atoms with Crippen molar-refractivity contribution in [2.45, 2.75) is 13.3 Å². The Kier molecular flexibility index (Phi) is 2.89. The topological polar surface area (TPSA) is 60.7 Å². The quantitative estimate of drug-likeness (QED) is 0.643. The smallest absolute Gasteiger partial charge is 0.133 e. The van der Waals surface area contributed by atoms with Crippen molar-refractivity contribution in [2.24, 2.45) is 0 Å². The van der Waals surface area contributed by atoms with Crippen LogP contribution < -0.4 is 0 Å². The van der Waals surface area contributed by atoms with E-state index < -0.39 is 0 Å². The predicted molar refractivity (Wildman–Crippen MR) is 47.3 cm³/mol. The molecule has 1 rings (SSSR count). The van der Waals surface area contributed by atoms with Gasteiger partial charge in [-0.1, -0.05) is 6.92 Å². The van der Waals surface area contributed by atoms with Gasteiger partial charge in [-0.3, -0.25) is 0 Å². The minimum Gasteiger partial charge on any atom is -0.462 e. The lowest BCUT2D eigenvalue weighted by Gasteiger charge is -1.86. The number of nitriles is 2. The average Bonchev–Trinajstić information content (AvgIpc) is 2.61. The van der Waals surface area contributed by atoms with E-state index in [9.17, 15) is 0 Å². The van der Waals surface area contributed by atoms with Gasteiger partial charge in [-0.2, -0.15) is 10.5 Å². The van der Waals surface area contributed by atoms with Crippen LogP contribution in [-0.4, -0.2) is 0 Å². The predicted octanol–water partition coefficient (Wildman–Crippen LogP) is 2.27. The van der Waals surface area contributed by atoms with Crippen molar-refractivity contribution in [3.8, 4) is 12.1 Å². The molecule has 0 fully saturated rings. The molecule has 0 saturated carbocycles. The maximum Gasteiger partial charge on any atom is 0.133 e. The molecule has 1 heterocycles. The van der Waals surface area contributed by atoms with Gasteiger partial charge in [0, 0.05) is 12.5 Å². The molecule has 0 aromatic carbocycles. The van der Waals surface area contributed by atoms with E-state index in [1.165, 1.54) is 6.08 Å². The molecular weight excluding hydrogens is 164 g/mol. The molecule has 0 N–H and O–H groups in total. The Morgan fingerprint density at radius 2 is 2.15 bits per heavy atom. The number of allylic oxidation sites excluding steroid dienone is 1. The SMILES string of the molecule is CCc1ccc(C=C(C#N)C#N)o1. The number of hydrogen-bond donors (Lipinski definition) is 0. The fraction of sp³-hybridized carbons (Fsp3) is 0.200. The van der Waals surface area contributed by atoms with Gasteiger partial charge in [0.25, 0.3) is 0 Å². The van der Waals surface area contributed by atoms with Crippen LogP contribution in [0.5, 0.6) is 0 Å². The fourth-order valence-electron chi connectivity index (χ4n) is 0.894. The van der Waals surface area contributed by atoms with Crippen molar-refractivity contribution in [3.63, 3.8) is 0 Å². The van der Waals surface area contributed by atoms with Crippen LogP contribution in [-0.2, 0) is 6.42 Å². The second-order valence-corrected chi connectivity index (χ2v) is 2.44. The summed E-state index contributed by atoms with van der Waals surface area (Å²) in [6, 6.07) is 7.11. The minimum absolute atomic E-state index is 0.0528. The van der Waals surface area contributed by atoms with Gasteiger partial charge in [-0.05, 0) is 12.1 Å². The summed E-state index contributed by atoms with van der Waals surface area (Å²) in [7, 11) is 0. The highest BCUT2D eigenvalue weighted by molar-refractivity contribution is 5.58. The lowest BCUT2D eigenvalue weighted by Crippen LogP contribution is -1.72. The molecule has 0 unspecified atom stereocenters. The maximum absolute atomic E-state index is 8.47. The summed E-state index contributed by atoms with van der Waals surface area (Å²) < 4.78 is 5.29. The van der Waals surface area contributed by atoms with Crippen molar-refractivity contribution in [1.29, 1.82) is 10.5 Å². The normalized spacial score (nSPS) is 8.54. The molecule has 0 atom stereocenters. The number of furan rings is 1. The van der Waals surface area contributed by atoms with Crippen molar-refractivity contribution in [2.75, 3.05) is 0 Å². The van der Waals surface area contributed by atoms with Crippen molar-refractivity contribution >= 4 is 6.08 Å². The highest BCUT2D eigenvalue weighted by Gasteiger charge is 1.99. The monoisotopic (exact) mass is 172 g/mol. The molecular formula is C10H8N2O. The van der Waals surface area contributed by atoms with E-state index in [-0.39, 0.29) is 5.57 Å².